The third-order valence-corrected chi connectivity index (χ3v) is 5.30. The summed E-state index contributed by atoms with van der Waals surface area (Å²) in [4.78, 5) is 38.5. The summed E-state index contributed by atoms with van der Waals surface area (Å²) in [5.41, 5.74) is 5.59. The highest BCUT2D eigenvalue weighted by Crippen LogP contribution is 2.38. The first-order valence-corrected chi connectivity index (χ1v) is 11.2. The highest BCUT2D eigenvalue weighted by atomic mass is 16.5. The van der Waals surface area contributed by atoms with Crippen molar-refractivity contribution >= 4 is 23.5 Å². The van der Waals surface area contributed by atoms with Gasteiger partial charge in [0.05, 0.1) is 21.3 Å². The first-order valence-electron chi connectivity index (χ1n) is 11.2. The van der Waals surface area contributed by atoms with Crippen LogP contribution in [0.2, 0.25) is 0 Å². The summed E-state index contributed by atoms with van der Waals surface area (Å²) < 4.78 is 18.4. The summed E-state index contributed by atoms with van der Waals surface area (Å²) in [7, 11) is 4.50. The van der Waals surface area contributed by atoms with Gasteiger partial charge in [-0.3, -0.25) is 18.7 Å². The topological polar surface area (TPSA) is 127 Å². The maximum atomic E-state index is 13.0. The summed E-state index contributed by atoms with van der Waals surface area (Å²) in [6.45, 7) is 4.57. The maximum absolute atomic E-state index is 13.0. The zero-order valence-corrected chi connectivity index (χ0v) is 20.5. The van der Waals surface area contributed by atoms with Crippen LogP contribution in [0.25, 0.3) is 6.08 Å². The second-order valence-corrected chi connectivity index (χ2v) is 7.64. The van der Waals surface area contributed by atoms with E-state index in [9.17, 15) is 14.4 Å². The van der Waals surface area contributed by atoms with Crippen molar-refractivity contribution in [3.8, 4) is 17.2 Å². The zero-order valence-electron chi connectivity index (χ0n) is 20.5. The fraction of sp³-hybridized carbons (Fsp3) is 0.458. The van der Waals surface area contributed by atoms with E-state index < -0.39 is 17.2 Å². The second-order valence-electron chi connectivity index (χ2n) is 7.64. The van der Waals surface area contributed by atoms with E-state index in [2.05, 4.69) is 5.32 Å². The van der Waals surface area contributed by atoms with Crippen LogP contribution in [0.1, 0.15) is 45.1 Å². The average molecular weight is 475 g/mol. The van der Waals surface area contributed by atoms with E-state index in [1.807, 2.05) is 13.8 Å². The first kappa shape index (κ1) is 26.6. The number of hydrogen-bond acceptors (Lipinski definition) is 7. The highest BCUT2D eigenvalue weighted by Gasteiger charge is 2.18. The van der Waals surface area contributed by atoms with Crippen molar-refractivity contribution in [2.75, 3.05) is 32.4 Å². The van der Waals surface area contributed by atoms with E-state index in [1.54, 1.807) is 18.2 Å². The molecule has 0 radical (unpaired) electrons. The van der Waals surface area contributed by atoms with Gasteiger partial charge < -0.3 is 25.3 Å². The molecule has 2 aromatic rings. The van der Waals surface area contributed by atoms with Crippen molar-refractivity contribution in [2.24, 2.45) is 0 Å². The number of nitrogens with one attached hydrogen (secondary N) is 1. The minimum atomic E-state index is -0.613. The molecule has 1 heterocycles. The molecule has 0 saturated heterocycles. The number of nitrogens with two attached hydrogens (primary N) is 1. The molecule has 0 fully saturated rings. The Kier molecular flexibility index (Phi) is 9.78. The molecular weight excluding hydrogens is 440 g/mol. The molecule has 0 saturated carbocycles. The van der Waals surface area contributed by atoms with Crippen LogP contribution in [-0.4, -0.2) is 36.4 Å². The van der Waals surface area contributed by atoms with Gasteiger partial charge in [0.15, 0.2) is 11.5 Å². The number of anilines is 2. The molecule has 1 aromatic carbocycles. The van der Waals surface area contributed by atoms with Crippen LogP contribution < -0.4 is 36.5 Å². The number of benzene rings is 1. The molecule has 1 amide bonds. The number of unbranched alkanes of at least 4 members (excludes halogenated alkanes) is 2. The largest absolute Gasteiger partial charge is 0.493 e. The van der Waals surface area contributed by atoms with Crippen molar-refractivity contribution in [1.82, 2.24) is 9.13 Å². The Balaban J connectivity index is 2.41. The number of methoxy groups -OCH3 is 3. The van der Waals surface area contributed by atoms with E-state index in [1.165, 1.54) is 32.0 Å². The lowest BCUT2D eigenvalue weighted by molar-refractivity contribution is -0.111. The maximum Gasteiger partial charge on any atom is 0.332 e. The molecule has 1 aromatic heterocycles. The lowest BCUT2D eigenvalue weighted by Gasteiger charge is -2.16. The molecule has 0 aliphatic heterocycles. The highest BCUT2D eigenvalue weighted by molar-refractivity contribution is 6.03. The van der Waals surface area contributed by atoms with Gasteiger partial charge in [-0.15, -0.1) is 0 Å². The molecule has 3 N–H and O–H groups in total. The minimum Gasteiger partial charge on any atom is -0.493 e. The van der Waals surface area contributed by atoms with Crippen LogP contribution in [0.4, 0.5) is 11.5 Å². The lowest BCUT2D eigenvalue weighted by Crippen LogP contribution is -2.43. The van der Waals surface area contributed by atoms with Gasteiger partial charge in [-0.2, -0.15) is 0 Å². The molecule has 186 valence electrons. The van der Waals surface area contributed by atoms with Crippen molar-refractivity contribution in [1.29, 1.82) is 0 Å². The summed E-state index contributed by atoms with van der Waals surface area (Å²) in [5.74, 6) is 0.688. The van der Waals surface area contributed by atoms with Crippen molar-refractivity contribution < 1.29 is 19.0 Å². The number of ether oxygens (including phenoxy) is 3. The normalized spacial score (nSPS) is 11.0. The molecule has 0 atom stereocenters. The Labute approximate surface area is 198 Å². The molecule has 2 rings (SSSR count). The van der Waals surface area contributed by atoms with Crippen molar-refractivity contribution in [3.05, 3.63) is 44.6 Å². The molecule has 34 heavy (non-hydrogen) atoms. The third-order valence-electron chi connectivity index (χ3n) is 5.30. The summed E-state index contributed by atoms with van der Waals surface area (Å²) in [6.07, 6.45) is 5.82. The van der Waals surface area contributed by atoms with Crippen LogP contribution in [0.5, 0.6) is 17.2 Å². The van der Waals surface area contributed by atoms with Gasteiger partial charge in [-0.1, -0.05) is 26.7 Å². The van der Waals surface area contributed by atoms with Crippen molar-refractivity contribution in [2.45, 2.75) is 52.6 Å². The fourth-order valence-corrected chi connectivity index (χ4v) is 3.41. The Bertz CT molecular complexity index is 1120. The summed E-state index contributed by atoms with van der Waals surface area (Å²) in [5, 5.41) is 2.56. The van der Waals surface area contributed by atoms with Gasteiger partial charge >= 0.3 is 5.69 Å². The molecule has 0 bridgehead atoms. The van der Waals surface area contributed by atoms with E-state index in [4.69, 9.17) is 19.9 Å². The molecule has 0 spiro atoms. The number of nitrogens with zero attached hydrogens (tertiary/aromatic N) is 2. The molecule has 0 aliphatic rings. The van der Waals surface area contributed by atoms with E-state index in [-0.39, 0.29) is 18.1 Å². The van der Waals surface area contributed by atoms with Gasteiger partial charge in [0.25, 0.3) is 5.56 Å². The average Bonchev–Trinajstić information content (AvgIpc) is 2.84. The number of amides is 1. The monoisotopic (exact) mass is 474 g/mol. The van der Waals surface area contributed by atoms with Gasteiger partial charge in [-0.05, 0) is 36.6 Å². The molecule has 0 aliphatic carbocycles. The number of carbonyl (C=O) groups excluding carboxylic acids is 1. The minimum absolute atomic E-state index is 0.0502. The number of carbonyl (C=O) groups is 1. The van der Waals surface area contributed by atoms with Crippen LogP contribution in [0, 0.1) is 0 Å². The zero-order chi connectivity index (χ0) is 25.3. The molecule has 10 nitrogen and oxygen atoms in total. The standard InChI is InChI=1S/C24H34N4O6/c1-6-8-12-27-22(25)20(23(30)28(24(27)31)13-9-7-2)26-19(29)11-10-16-14-17(32-3)21(34-5)18(15-16)33-4/h10-11,14-15H,6-9,12-13,25H2,1-5H3,(H,26,29). The van der Waals surface area contributed by atoms with Gasteiger partial charge in [-0.25, -0.2) is 4.79 Å². The van der Waals surface area contributed by atoms with Gasteiger partial charge in [0.1, 0.15) is 11.5 Å². The number of aromatic nitrogens is 2. The predicted octanol–water partition coefficient (Wildman–Crippen LogP) is 2.87. The Morgan fingerprint density at radius 1 is 0.971 bits per heavy atom. The number of hydrogen-bond donors (Lipinski definition) is 2. The van der Waals surface area contributed by atoms with Gasteiger partial charge in [0.2, 0.25) is 11.7 Å². The summed E-state index contributed by atoms with van der Waals surface area (Å²) in [6, 6.07) is 3.37. The predicted molar refractivity (Wildman–Crippen MR) is 133 cm³/mol. The Hall–Kier alpha value is -3.69. The first-order chi connectivity index (χ1) is 16.3. The van der Waals surface area contributed by atoms with Crippen LogP contribution in [0.15, 0.2) is 27.8 Å². The van der Waals surface area contributed by atoms with Crippen molar-refractivity contribution in [3.63, 3.8) is 0 Å². The molecule has 10 heteroatoms. The Morgan fingerprint density at radius 2 is 1.53 bits per heavy atom. The summed E-state index contributed by atoms with van der Waals surface area (Å²) >= 11 is 0. The number of rotatable bonds is 12. The molecule has 0 unspecified atom stereocenters. The van der Waals surface area contributed by atoms with Crippen LogP contribution in [0.3, 0.4) is 0 Å². The van der Waals surface area contributed by atoms with E-state index in [0.29, 0.717) is 42.2 Å². The quantitative estimate of drug-likeness (QED) is 0.453. The van der Waals surface area contributed by atoms with Gasteiger partial charge in [0, 0.05) is 19.2 Å². The molecular formula is C24H34N4O6. The smallest absolute Gasteiger partial charge is 0.332 e. The number of nitrogen functional groups attached to an aromatic ring is 1. The second kappa shape index (κ2) is 12.5. The third kappa shape index (κ3) is 6.00. The Morgan fingerprint density at radius 3 is 2.03 bits per heavy atom. The van der Waals surface area contributed by atoms with Crippen LogP contribution >= 0.6 is 0 Å². The van der Waals surface area contributed by atoms with Crippen LogP contribution in [-0.2, 0) is 17.9 Å². The fourth-order valence-electron chi connectivity index (χ4n) is 3.41. The lowest BCUT2D eigenvalue weighted by atomic mass is 10.1. The van der Waals surface area contributed by atoms with E-state index >= 15 is 0 Å². The van der Waals surface area contributed by atoms with E-state index in [0.717, 1.165) is 17.4 Å². The SMILES string of the molecule is CCCCn1c(N)c(NC(=O)C=Cc2cc(OC)c(OC)c(OC)c2)c(=O)n(CCCC)c1=O.